The first-order valence-corrected chi connectivity index (χ1v) is 11.5. The van der Waals surface area contributed by atoms with Crippen LogP contribution in [0.1, 0.15) is 19.3 Å². The van der Waals surface area contributed by atoms with E-state index in [2.05, 4.69) is 31.8 Å². The lowest BCUT2D eigenvalue weighted by molar-refractivity contribution is -0.113. The van der Waals surface area contributed by atoms with Crippen LogP contribution in [0.15, 0.2) is 47.6 Å². The average Bonchev–Trinajstić information content (AvgIpc) is 3.31. The SMILES string of the molecule is COc1ccc(-n2nnnc2SCC(=O)Nc2ccccc2N2CCCCC2)c(OC)c1. The third kappa shape index (κ3) is 4.96. The molecule has 0 atom stereocenters. The Morgan fingerprint density at radius 1 is 1.06 bits per heavy atom. The first kappa shape index (κ1) is 21.9. The van der Waals surface area contributed by atoms with E-state index in [1.54, 1.807) is 31.0 Å². The maximum Gasteiger partial charge on any atom is 0.234 e. The van der Waals surface area contributed by atoms with Crippen LogP contribution in [0.2, 0.25) is 0 Å². The molecule has 168 valence electrons. The van der Waals surface area contributed by atoms with Crippen LogP contribution < -0.4 is 19.7 Å². The van der Waals surface area contributed by atoms with Crippen molar-refractivity contribution in [1.29, 1.82) is 0 Å². The monoisotopic (exact) mass is 454 g/mol. The van der Waals surface area contributed by atoms with E-state index in [4.69, 9.17) is 9.47 Å². The molecule has 32 heavy (non-hydrogen) atoms. The number of nitrogens with one attached hydrogen (secondary N) is 1. The third-order valence-electron chi connectivity index (χ3n) is 5.26. The van der Waals surface area contributed by atoms with Crippen molar-refractivity contribution in [3.8, 4) is 17.2 Å². The number of carbonyl (C=O) groups is 1. The summed E-state index contributed by atoms with van der Waals surface area (Å²) in [6.45, 7) is 2.03. The maximum absolute atomic E-state index is 12.7. The van der Waals surface area contributed by atoms with Crippen LogP contribution in [0.25, 0.3) is 5.69 Å². The first-order valence-electron chi connectivity index (χ1n) is 10.5. The Hall–Kier alpha value is -3.27. The second-order valence-electron chi connectivity index (χ2n) is 7.31. The van der Waals surface area contributed by atoms with Crippen LogP contribution in [0.4, 0.5) is 11.4 Å². The van der Waals surface area contributed by atoms with Gasteiger partial charge < -0.3 is 19.7 Å². The number of benzene rings is 2. The summed E-state index contributed by atoms with van der Waals surface area (Å²) in [5.41, 5.74) is 2.56. The highest BCUT2D eigenvalue weighted by molar-refractivity contribution is 7.99. The van der Waals surface area contributed by atoms with Gasteiger partial charge in [0, 0.05) is 19.2 Å². The van der Waals surface area contributed by atoms with Gasteiger partial charge in [0.1, 0.15) is 17.2 Å². The van der Waals surface area contributed by atoms with Crippen molar-refractivity contribution in [2.45, 2.75) is 24.4 Å². The summed E-state index contributed by atoms with van der Waals surface area (Å²) in [7, 11) is 3.16. The standard InChI is InChI=1S/C22H26N6O3S/c1-30-16-10-11-19(20(14-16)31-2)28-22(24-25-26-28)32-15-21(29)23-17-8-4-5-9-18(17)27-12-6-3-7-13-27/h4-5,8-11,14H,3,6-7,12-13,15H2,1-2H3,(H,23,29). The van der Waals surface area contributed by atoms with Gasteiger partial charge in [-0.1, -0.05) is 23.9 Å². The predicted molar refractivity (Wildman–Crippen MR) is 124 cm³/mol. The summed E-state index contributed by atoms with van der Waals surface area (Å²) in [5, 5.41) is 15.4. The second kappa shape index (κ2) is 10.4. The lowest BCUT2D eigenvalue weighted by Gasteiger charge is -2.30. The third-order valence-corrected chi connectivity index (χ3v) is 6.18. The van der Waals surface area contributed by atoms with Gasteiger partial charge in [0.05, 0.1) is 31.3 Å². The van der Waals surface area contributed by atoms with Crippen LogP contribution in [0.3, 0.4) is 0 Å². The zero-order valence-electron chi connectivity index (χ0n) is 18.2. The number of para-hydroxylation sites is 2. The maximum atomic E-state index is 12.7. The quantitative estimate of drug-likeness (QED) is 0.518. The van der Waals surface area contributed by atoms with Crippen molar-refractivity contribution in [3.63, 3.8) is 0 Å². The number of piperidine rings is 1. The van der Waals surface area contributed by atoms with Crippen molar-refractivity contribution < 1.29 is 14.3 Å². The van der Waals surface area contributed by atoms with E-state index >= 15 is 0 Å². The molecular weight excluding hydrogens is 428 g/mol. The molecule has 0 unspecified atom stereocenters. The highest BCUT2D eigenvalue weighted by atomic mass is 32.2. The Morgan fingerprint density at radius 3 is 2.66 bits per heavy atom. The van der Waals surface area contributed by atoms with Crippen LogP contribution in [-0.4, -0.2) is 59.2 Å². The number of amides is 1. The van der Waals surface area contributed by atoms with E-state index in [1.165, 1.54) is 31.0 Å². The molecular formula is C22H26N6O3S. The zero-order chi connectivity index (χ0) is 22.3. The van der Waals surface area contributed by atoms with Gasteiger partial charge in [0.15, 0.2) is 0 Å². The fraction of sp³-hybridized carbons (Fsp3) is 0.364. The fourth-order valence-electron chi connectivity index (χ4n) is 3.69. The van der Waals surface area contributed by atoms with E-state index < -0.39 is 0 Å². The molecule has 0 saturated carbocycles. The molecule has 4 rings (SSSR count). The molecule has 1 aromatic heterocycles. The summed E-state index contributed by atoms with van der Waals surface area (Å²) in [6, 6.07) is 13.3. The number of hydrogen-bond acceptors (Lipinski definition) is 8. The smallest absolute Gasteiger partial charge is 0.234 e. The normalized spacial score (nSPS) is 13.6. The predicted octanol–water partition coefficient (Wildman–Crippen LogP) is 3.40. The molecule has 1 aliphatic rings. The number of hydrogen-bond donors (Lipinski definition) is 1. The van der Waals surface area contributed by atoms with Gasteiger partial charge in [0.25, 0.3) is 0 Å². The van der Waals surface area contributed by atoms with Gasteiger partial charge in [-0.15, -0.1) is 5.10 Å². The van der Waals surface area contributed by atoms with Crippen molar-refractivity contribution in [1.82, 2.24) is 20.2 Å². The Kier molecular flexibility index (Phi) is 7.10. The van der Waals surface area contributed by atoms with E-state index in [9.17, 15) is 4.79 Å². The van der Waals surface area contributed by atoms with Crippen LogP contribution in [-0.2, 0) is 4.79 Å². The summed E-state index contributed by atoms with van der Waals surface area (Å²) in [6.07, 6.45) is 3.61. The van der Waals surface area contributed by atoms with E-state index in [0.717, 1.165) is 24.5 Å². The molecule has 9 nitrogen and oxygen atoms in total. The first-order chi connectivity index (χ1) is 15.7. The minimum atomic E-state index is -0.115. The number of tetrazole rings is 1. The topological polar surface area (TPSA) is 94.4 Å². The van der Waals surface area contributed by atoms with Crippen molar-refractivity contribution in [2.24, 2.45) is 0 Å². The van der Waals surface area contributed by atoms with Gasteiger partial charge in [-0.25, -0.2) is 0 Å². The minimum Gasteiger partial charge on any atom is -0.497 e. The van der Waals surface area contributed by atoms with Gasteiger partial charge in [0.2, 0.25) is 11.1 Å². The molecule has 1 fully saturated rings. The summed E-state index contributed by atoms with van der Waals surface area (Å²) >= 11 is 1.26. The van der Waals surface area contributed by atoms with Gasteiger partial charge >= 0.3 is 0 Å². The Labute approximate surface area is 191 Å². The number of nitrogens with zero attached hydrogens (tertiary/aromatic N) is 5. The Morgan fingerprint density at radius 2 is 1.88 bits per heavy atom. The lowest BCUT2D eigenvalue weighted by Crippen LogP contribution is -2.30. The Balaban J connectivity index is 1.44. The molecule has 1 amide bonds. The highest BCUT2D eigenvalue weighted by Gasteiger charge is 2.18. The molecule has 0 spiro atoms. The summed E-state index contributed by atoms with van der Waals surface area (Å²) in [4.78, 5) is 15.1. The lowest BCUT2D eigenvalue weighted by atomic mass is 10.1. The molecule has 1 saturated heterocycles. The summed E-state index contributed by atoms with van der Waals surface area (Å²) in [5.74, 6) is 1.29. The number of methoxy groups -OCH3 is 2. The number of carbonyl (C=O) groups excluding carboxylic acids is 1. The molecule has 3 aromatic rings. The number of anilines is 2. The molecule has 1 aliphatic heterocycles. The van der Waals surface area contributed by atoms with Gasteiger partial charge in [-0.05, 0) is 54.0 Å². The molecule has 2 heterocycles. The molecule has 0 bridgehead atoms. The minimum absolute atomic E-state index is 0.115. The Bertz CT molecular complexity index is 1070. The second-order valence-corrected chi connectivity index (χ2v) is 8.26. The molecule has 10 heteroatoms. The molecule has 1 N–H and O–H groups in total. The van der Waals surface area contributed by atoms with Crippen molar-refractivity contribution in [2.75, 3.05) is 43.3 Å². The largest absolute Gasteiger partial charge is 0.497 e. The van der Waals surface area contributed by atoms with E-state index in [1.807, 2.05) is 24.3 Å². The van der Waals surface area contributed by atoms with Crippen LogP contribution in [0.5, 0.6) is 11.5 Å². The van der Waals surface area contributed by atoms with Crippen LogP contribution in [0, 0.1) is 0 Å². The van der Waals surface area contributed by atoms with E-state index in [-0.39, 0.29) is 11.7 Å². The molecule has 0 aliphatic carbocycles. The average molecular weight is 455 g/mol. The summed E-state index contributed by atoms with van der Waals surface area (Å²) < 4.78 is 12.3. The van der Waals surface area contributed by atoms with E-state index in [0.29, 0.717) is 22.3 Å². The van der Waals surface area contributed by atoms with Crippen molar-refractivity contribution >= 4 is 29.0 Å². The van der Waals surface area contributed by atoms with Gasteiger partial charge in [-0.3, -0.25) is 4.79 Å². The molecule has 2 aromatic carbocycles. The van der Waals surface area contributed by atoms with Gasteiger partial charge in [-0.2, -0.15) is 4.68 Å². The number of thioether (sulfide) groups is 1. The zero-order valence-corrected chi connectivity index (χ0v) is 19.0. The number of rotatable bonds is 8. The van der Waals surface area contributed by atoms with Crippen LogP contribution >= 0.6 is 11.8 Å². The van der Waals surface area contributed by atoms with Crippen molar-refractivity contribution in [3.05, 3.63) is 42.5 Å². The highest BCUT2D eigenvalue weighted by Crippen LogP contribution is 2.31. The number of ether oxygens (including phenoxy) is 2. The fourth-order valence-corrected chi connectivity index (χ4v) is 4.37. The number of aromatic nitrogens is 4. The molecule has 0 radical (unpaired) electrons.